The highest BCUT2D eigenvalue weighted by molar-refractivity contribution is 6.35. The van der Waals surface area contributed by atoms with Gasteiger partial charge in [0.05, 0.1) is 17.8 Å². The third-order valence-electron chi connectivity index (χ3n) is 6.36. The van der Waals surface area contributed by atoms with Crippen LogP contribution in [0.5, 0.6) is 0 Å². The Bertz CT molecular complexity index is 796. The molecule has 0 bridgehead atoms. The van der Waals surface area contributed by atoms with Crippen LogP contribution in [0.2, 0.25) is 0 Å². The van der Waals surface area contributed by atoms with Crippen LogP contribution in [-0.2, 0) is 14.3 Å². The van der Waals surface area contributed by atoms with Gasteiger partial charge >= 0.3 is 0 Å². The molecule has 1 aliphatic carbocycles. The molecule has 0 N–H and O–H groups in total. The number of aryl methyl sites for hydroxylation is 1. The minimum atomic E-state index is -0.118. The smallest absolute Gasteiger partial charge is 0.278 e. The molecule has 1 aromatic rings. The number of benzene rings is 1. The topological polar surface area (TPSA) is 49.9 Å². The molecule has 5 nitrogen and oxygen atoms in total. The fourth-order valence-electron chi connectivity index (χ4n) is 5.02. The van der Waals surface area contributed by atoms with Crippen LogP contribution in [0.1, 0.15) is 63.5 Å². The molecular formula is C24H32N2O3. The summed E-state index contributed by atoms with van der Waals surface area (Å²) in [7, 11) is 0. The van der Waals surface area contributed by atoms with E-state index >= 15 is 0 Å². The average Bonchev–Trinajstić information content (AvgIpc) is 2.83. The van der Waals surface area contributed by atoms with Crippen LogP contribution in [0.15, 0.2) is 30.0 Å². The van der Waals surface area contributed by atoms with Crippen LogP contribution < -0.4 is 0 Å². The first-order valence-electron chi connectivity index (χ1n) is 11.1. The Morgan fingerprint density at radius 1 is 0.862 bits per heavy atom. The summed E-state index contributed by atoms with van der Waals surface area (Å²) in [5, 5.41) is 0. The second kappa shape index (κ2) is 8.31. The van der Waals surface area contributed by atoms with Gasteiger partial charge < -0.3 is 9.64 Å². The lowest BCUT2D eigenvalue weighted by atomic mass is 10.0. The number of carbonyl (C=O) groups is 2. The van der Waals surface area contributed by atoms with Gasteiger partial charge in [-0.3, -0.25) is 14.5 Å². The van der Waals surface area contributed by atoms with Crippen molar-refractivity contribution in [1.29, 1.82) is 0 Å². The van der Waals surface area contributed by atoms with E-state index in [0.717, 1.165) is 36.8 Å². The molecule has 2 unspecified atom stereocenters. The normalized spacial score (nSPS) is 27.0. The molecule has 1 saturated heterocycles. The van der Waals surface area contributed by atoms with Gasteiger partial charge in [0.25, 0.3) is 11.8 Å². The van der Waals surface area contributed by atoms with Gasteiger partial charge in [0.15, 0.2) is 0 Å². The van der Waals surface area contributed by atoms with E-state index < -0.39 is 0 Å². The van der Waals surface area contributed by atoms with Gasteiger partial charge in [0.1, 0.15) is 5.70 Å². The molecule has 2 atom stereocenters. The molecule has 0 radical (unpaired) electrons. The zero-order valence-corrected chi connectivity index (χ0v) is 17.8. The van der Waals surface area contributed by atoms with Crippen molar-refractivity contribution in [1.82, 2.24) is 9.80 Å². The Morgan fingerprint density at radius 2 is 1.45 bits per heavy atom. The van der Waals surface area contributed by atoms with Crippen molar-refractivity contribution in [3.8, 4) is 0 Å². The van der Waals surface area contributed by atoms with Crippen LogP contribution in [0.25, 0.3) is 5.57 Å². The Kier molecular flexibility index (Phi) is 5.77. The highest BCUT2D eigenvalue weighted by Gasteiger charge is 2.45. The maximum absolute atomic E-state index is 13.7. The van der Waals surface area contributed by atoms with Crippen molar-refractivity contribution in [2.45, 2.75) is 77.5 Å². The minimum absolute atomic E-state index is 0.0198. The molecule has 2 heterocycles. The van der Waals surface area contributed by atoms with Crippen molar-refractivity contribution in [2.75, 3.05) is 13.1 Å². The summed E-state index contributed by atoms with van der Waals surface area (Å²) in [6.45, 7) is 7.35. The second-order valence-corrected chi connectivity index (χ2v) is 8.88. The first-order chi connectivity index (χ1) is 14.0. The zero-order valence-electron chi connectivity index (χ0n) is 17.8. The summed E-state index contributed by atoms with van der Waals surface area (Å²) in [6, 6.07) is 7.98. The van der Waals surface area contributed by atoms with Gasteiger partial charge in [-0.2, -0.15) is 0 Å². The zero-order chi connectivity index (χ0) is 20.5. The molecule has 0 aromatic heterocycles. The second-order valence-electron chi connectivity index (χ2n) is 8.88. The van der Waals surface area contributed by atoms with E-state index in [0.29, 0.717) is 24.4 Å². The number of hydrogen-bond donors (Lipinski definition) is 0. The SMILES string of the molecule is Cc1ccc(C2=C(N3CC(C)OC(C)C3)C(=O)N(C3CCCCCC3)C2=O)cc1. The van der Waals surface area contributed by atoms with Crippen LogP contribution in [0, 0.1) is 6.92 Å². The molecule has 2 amide bonds. The number of rotatable bonds is 3. The van der Waals surface area contributed by atoms with Crippen LogP contribution in [0.4, 0.5) is 0 Å². The van der Waals surface area contributed by atoms with Gasteiger partial charge in [0.2, 0.25) is 0 Å². The molecule has 1 aromatic carbocycles. The predicted octanol–water partition coefficient (Wildman–Crippen LogP) is 3.91. The standard InChI is InChI=1S/C24H32N2O3/c1-16-10-12-19(13-11-16)21-22(25-14-17(2)29-18(3)15-25)24(28)26(23(21)27)20-8-6-4-5-7-9-20/h10-13,17-18,20H,4-9,14-15H2,1-3H3. The monoisotopic (exact) mass is 396 g/mol. The van der Waals surface area contributed by atoms with Crippen molar-refractivity contribution < 1.29 is 14.3 Å². The van der Waals surface area contributed by atoms with E-state index in [1.807, 2.05) is 45.0 Å². The molecule has 3 aliphatic rings. The lowest BCUT2D eigenvalue weighted by molar-refractivity contribution is -0.141. The Hall–Kier alpha value is -2.14. The first-order valence-corrected chi connectivity index (χ1v) is 11.1. The van der Waals surface area contributed by atoms with E-state index in [1.165, 1.54) is 12.8 Å². The molecule has 5 heteroatoms. The van der Waals surface area contributed by atoms with Gasteiger partial charge in [0, 0.05) is 19.1 Å². The summed E-state index contributed by atoms with van der Waals surface area (Å²) in [5.41, 5.74) is 3.12. The number of morpholine rings is 1. The van der Waals surface area contributed by atoms with Crippen molar-refractivity contribution in [3.05, 3.63) is 41.1 Å². The summed E-state index contributed by atoms with van der Waals surface area (Å²) < 4.78 is 5.88. The van der Waals surface area contributed by atoms with Crippen LogP contribution >= 0.6 is 0 Å². The van der Waals surface area contributed by atoms with E-state index in [1.54, 1.807) is 4.90 Å². The Morgan fingerprint density at radius 3 is 2.03 bits per heavy atom. The summed E-state index contributed by atoms with van der Waals surface area (Å²) in [6.07, 6.45) is 6.45. The summed E-state index contributed by atoms with van der Waals surface area (Å²) >= 11 is 0. The summed E-state index contributed by atoms with van der Waals surface area (Å²) in [5.74, 6) is -0.230. The predicted molar refractivity (Wildman–Crippen MR) is 113 cm³/mol. The van der Waals surface area contributed by atoms with Crippen molar-refractivity contribution >= 4 is 17.4 Å². The number of hydrogen-bond acceptors (Lipinski definition) is 4. The lowest BCUT2D eigenvalue weighted by Crippen LogP contribution is -2.48. The third kappa shape index (κ3) is 3.97. The summed E-state index contributed by atoms with van der Waals surface area (Å²) in [4.78, 5) is 30.9. The van der Waals surface area contributed by atoms with E-state index in [4.69, 9.17) is 4.74 Å². The Balaban J connectivity index is 1.75. The molecule has 4 rings (SSSR count). The molecule has 1 saturated carbocycles. The third-order valence-corrected chi connectivity index (χ3v) is 6.36. The first kappa shape index (κ1) is 20.1. The van der Waals surface area contributed by atoms with E-state index in [2.05, 4.69) is 4.90 Å². The number of ether oxygens (including phenoxy) is 1. The highest BCUT2D eigenvalue weighted by Crippen LogP contribution is 2.36. The fraction of sp³-hybridized carbons (Fsp3) is 0.583. The maximum atomic E-state index is 13.7. The van der Waals surface area contributed by atoms with Gasteiger partial charge in [-0.15, -0.1) is 0 Å². The van der Waals surface area contributed by atoms with Crippen LogP contribution in [0.3, 0.4) is 0 Å². The minimum Gasteiger partial charge on any atom is -0.372 e. The van der Waals surface area contributed by atoms with Crippen molar-refractivity contribution in [2.24, 2.45) is 0 Å². The number of nitrogens with zero attached hydrogens (tertiary/aromatic N) is 2. The molecule has 2 fully saturated rings. The van der Waals surface area contributed by atoms with Gasteiger partial charge in [-0.25, -0.2) is 0 Å². The molecule has 0 spiro atoms. The lowest BCUT2D eigenvalue weighted by Gasteiger charge is -2.37. The quantitative estimate of drug-likeness (QED) is 0.574. The van der Waals surface area contributed by atoms with Crippen LogP contribution in [-0.4, -0.2) is 53.0 Å². The van der Waals surface area contributed by atoms with E-state index in [9.17, 15) is 9.59 Å². The largest absolute Gasteiger partial charge is 0.372 e. The number of amides is 2. The maximum Gasteiger partial charge on any atom is 0.278 e. The van der Waals surface area contributed by atoms with E-state index in [-0.39, 0.29) is 30.1 Å². The highest BCUT2D eigenvalue weighted by atomic mass is 16.5. The number of carbonyl (C=O) groups excluding carboxylic acids is 2. The van der Waals surface area contributed by atoms with Gasteiger partial charge in [-0.05, 0) is 39.2 Å². The van der Waals surface area contributed by atoms with Crippen molar-refractivity contribution in [3.63, 3.8) is 0 Å². The van der Waals surface area contributed by atoms with Gasteiger partial charge in [-0.1, -0.05) is 55.5 Å². The average molecular weight is 397 g/mol. The number of imide groups is 1. The molecule has 29 heavy (non-hydrogen) atoms. The molecular weight excluding hydrogens is 364 g/mol. The Labute approximate surface area is 173 Å². The fourth-order valence-corrected chi connectivity index (χ4v) is 5.02. The molecule has 2 aliphatic heterocycles. The molecule has 156 valence electrons.